The van der Waals surface area contributed by atoms with Crippen molar-refractivity contribution in [3.63, 3.8) is 0 Å². The second-order valence-electron chi connectivity index (χ2n) is 4.13. The fourth-order valence-corrected chi connectivity index (χ4v) is 1.70. The number of halogens is 2. The van der Waals surface area contributed by atoms with Gasteiger partial charge in [-0.1, -0.05) is 0 Å². The number of nitrogens with zero attached hydrogens (tertiary/aromatic N) is 1. The first-order valence-electron chi connectivity index (χ1n) is 5.74. The Morgan fingerprint density at radius 2 is 2.10 bits per heavy atom. The number of carboxylic acids is 1. The summed E-state index contributed by atoms with van der Waals surface area (Å²) >= 11 is 0. The van der Waals surface area contributed by atoms with E-state index < -0.39 is 23.2 Å². The first-order chi connectivity index (χ1) is 9.49. The standard InChI is InChI=1S/C14H11F2NO3/c1-8-6-9(4-5-17-8)7-20-11-3-2-10(15)12(13(11)16)14(18)19/h2-6H,7H2,1H3,(H,18,19). The fraction of sp³-hybridized carbons (Fsp3) is 0.143. The zero-order chi connectivity index (χ0) is 14.7. The third-order valence-electron chi connectivity index (χ3n) is 2.62. The first-order valence-corrected chi connectivity index (χ1v) is 5.74. The van der Waals surface area contributed by atoms with Crippen LogP contribution >= 0.6 is 0 Å². The highest BCUT2D eigenvalue weighted by atomic mass is 19.1. The summed E-state index contributed by atoms with van der Waals surface area (Å²) in [6, 6.07) is 5.36. The minimum absolute atomic E-state index is 0.0327. The van der Waals surface area contributed by atoms with Gasteiger partial charge in [0.1, 0.15) is 18.0 Å². The summed E-state index contributed by atoms with van der Waals surface area (Å²) in [6.45, 7) is 1.83. The average Bonchev–Trinajstić information content (AvgIpc) is 2.37. The highest BCUT2D eigenvalue weighted by Crippen LogP contribution is 2.24. The van der Waals surface area contributed by atoms with Crippen molar-refractivity contribution >= 4 is 5.97 Å². The zero-order valence-corrected chi connectivity index (χ0v) is 10.6. The molecule has 2 aromatic rings. The minimum atomic E-state index is -1.68. The molecule has 0 amide bonds. The van der Waals surface area contributed by atoms with Crippen LogP contribution in [0.3, 0.4) is 0 Å². The van der Waals surface area contributed by atoms with Gasteiger partial charge in [-0.25, -0.2) is 13.6 Å². The molecular formula is C14H11F2NO3. The third kappa shape index (κ3) is 2.90. The lowest BCUT2D eigenvalue weighted by atomic mass is 10.2. The molecule has 0 saturated carbocycles. The molecule has 0 fully saturated rings. The zero-order valence-electron chi connectivity index (χ0n) is 10.6. The van der Waals surface area contributed by atoms with Gasteiger partial charge in [-0.15, -0.1) is 0 Å². The van der Waals surface area contributed by atoms with Gasteiger partial charge in [0, 0.05) is 11.9 Å². The van der Waals surface area contributed by atoms with E-state index in [1.54, 1.807) is 25.3 Å². The van der Waals surface area contributed by atoms with Crippen LogP contribution in [0.25, 0.3) is 0 Å². The lowest BCUT2D eigenvalue weighted by Gasteiger charge is -2.09. The molecule has 0 bridgehead atoms. The number of pyridine rings is 1. The van der Waals surface area contributed by atoms with Crippen LogP contribution in [0.15, 0.2) is 30.5 Å². The second-order valence-corrected chi connectivity index (χ2v) is 4.13. The van der Waals surface area contributed by atoms with E-state index in [9.17, 15) is 13.6 Å². The van der Waals surface area contributed by atoms with Crippen molar-refractivity contribution in [2.45, 2.75) is 13.5 Å². The van der Waals surface area contributed by atoms with Crippen molar-refractivity contribution in [2.24, 2.45) is 0 Å². The molecule has 0 saturated heterocycles. The topological polar surface area (TPSA) is 59.4 Å². The Morgan fingerprint density at radius 3 is 2.75 bits per heavy atom. The average molecular weight is 279 g/mol. The molecule has 4 nitrogen and oxygen atoms in total. The van der Waals surface area contributed by atoms with Crippen molar-refractivity contribution in [3.05, 3.63) is 58.9 Å². The van der Waals surface area contributed by atoms with E-state index in [0.29, 0.717) is 0 Å². The number of aryl methyl sites for hydroxylation is 1. The Kier molecular flexibility index (Phi) is 3.93. The van der Waals surface area contributed by atoms with E-state index in [-0.39, 0.29) is 12.4 Å². The van der Waals surface area contributed by atoms with E-state index in [1.165, 1.54) is 0 Å². The molecule has 2 rings (SSSR count). The van der Waals surface area contributed by atoms with Gasteiger partial charge >= 0.3 is 5.97 Å². The van der Waals surface area contributed by atoms with Crippen molar-refractivity contribution in [2.75, 3.05) is 0 Å². The highest BCUT2D eigenvalue weighted by Gasteiger charge is 2.20. The van der Waals surface area contributed by atoms with Crippen LogP contribution in [0.1, 0.15) is 21.6 Å². The van der Waals surface area contributed by atoms with Gasteiger partial charge in [-0.3, -0.25) is 4.98 Å². The summed E-state index contributed by atoms with van der Waals surface area (Å²) in [6.07, 6.45) is 1.58. The van der Waals surface area contributed by atoms with E-state index in [4.69, 9.17) is 9.84 Å². The van der Waals surface area contributed by atoms with Crippen molar-refractivity contribution in [1.29, 1.82) is 0 Å². The Morgan fingerprint density at radius 1 is 1.35 bits per heavy atom. The van der Waals surface area contributed by atoms with Gasteiger partial charge in [0.25, 0.3) is 0 Å². The Bertz CT molecular complexity index is 659. The van der Waals surface area contributed by atoms with Crippen LogP contribution in [0.4, 0.5) is 8.78 Å². The summed E-state index contributed by atoms with van der Waals surface area (Å²) in [4.78, 5) is 14.8. The fourth-order valence-electron chi connectivity index (χ4n) is 1.70. The molecule has 1 N–H and O–H groups in total. The monoisotopic (exact) mass is 279 g/mol. The van der Waals surface area contributed by atoms with Gasteiger partial charge < -0.3 is 9.84 Å². The van der Waals surface area contributed by atoms with Gasteiger partial charge in [-0.05, 0) is 36.8 Å². The number of aromatic carboxylic acids is 1. The van der Waals surface area contributed by atoms with Crippen molar-refractivity contribution < 1.29 is 23.4 Å². The lowest BCUT2D eigenvalue weighted by Crippen LogP contribution is -2.07. The number of aromatic nitrogens is 1. The molecule has 1 aromatic carbocycles. The van der Waals surface area contributed by atoms with Crippen LogP contribution in [0, 0.1) is 18.6 Å². The molecular weight excluding hydrogens is 268 g/mol. The largest absolute Gasteiger partial charge is 0.486 e. The van der Waals surface area contributed by atoms with Crippen molar-refractivity contribution in [1.82, 2.24) is 4.98 Å². The minimum Gasteiger partial charge on any atom is -0.486 e. The van der Waals surface area contributed by atoms with Crippen LogP contribution in [-0.2, 0) is 6.61 Å². The molecule has 6 heteroatoms. The molecule has 104 valence electrons. The maximum atomic E-state index is 13.8. The maximum Gasteiger partial charge on any atom is 0.341 e. The number of benzene rings is 1. The maximum absolute atomic E-state index is 13.8. The first kappa shape index (κ1) is 13.9. The number of ether oxygens (including phenoxy) is 1. The summed E-state index contributed by atoms with van der Waals surface area (Å²) in [5, 5.41) is 8.75. The summed E-state index contributed by atoms with van der Waals surface area (Å²) in [5.41, 5.74) is 0.503. The molecule has 0 aliphatic heterocycles. The van der Waals surface area contributed by atoms with Crippen LogP contribution in [0.2, 0.25) is 0 Å². The molecule has 20 heavy (non-hydrogen) atoms. The van der Waals surface area contributed by atoms with Gasteiger partial charge in [-0.2, -0.15) is 0 Å². The van der Waals surface area contributed by atoms with Crippen LogP contribution in [-0.4, -0.2) is 16.1 Å². The second kappa shape index (κ2) is 5.64. The number of hydrogen-bond acceptors (Lipinski definition) is 3. The smallest absolute Gasteiger partial charge is 0.341 e. The molecule has 0 unspecified atom stereocenters. The van der Waals surface area contributed by atoms with Gasteiger partial charge in [0.05, 0.1) is 0 Å². The lowest BCUT2D eigenvalue weighted by molar-refractivity contribution is 0.0685. The molecule has 1 aromatic heterocycles. The molecule has 1 heterocycles. The Hall–Kier alpha value is -2.50. The predicted octanol–water partition coefficient (Wildman–Crippen LogP) is 2.95. The van der Waals surface area contributed by atoms with Gasteiger partial charge in [0.2, 0.25) is 0 Å². The quantitative estimate of drug-likeness (QED) is 0.934. The Balaban J connectivity index is 2.22. The van der Waals surface area contributed by atoms with Crippen molar-refractivity contribution in [3.8, 4) is 5.75 Å². The summed E-state index contributed by atoms with van der Waals surface area (Å²) in [7, 11) is 0. The molecule has 0 aliphatic rings. The van der Waals surface area contributed by atoms with E-state index >= 15 is 0 Å². The SMILES string of the molecule is Cc1cc(COc2ccc(F)c(C(=O)O)c2F)ccn1. The summed E-state index contributed by atoms with van der Waals surface area (Å²) in [5.74, 6) is -4.34. The third-order valence-corrected chi connectivity index (χ3v) is 2.62. The highest BCUT2D eigenvalue weighted by molar-refractivity contribution is 5.88. The van der Waals surface area contributed by atoms with Crippen LogP contribution in [0.5, 0.6) is 5.75 Å². The molecule has 0 radical (unpaired) electrons. The number of carboxylic acid groups (broad SMARTS) is 1. The molecule has 0 spiro atoms. The Labute approximate surface area is 113 Å². The number of carbonyl (C=O) groups is 1. The normalized spacial score (nSPS) is 10.3. The van der Waals surface area contributed by atoms with E-state index in [2.05, 4.69) is 4.98 Å². The summed E-state index contributed by atoms with van der Waals surface area (Å²) < 4.78 is 32.2. The van der Waals surface area contributed by atoms with E-state index in [1.807, 2.05) is 0 Å². The molecule has 0 atom stereocenters. The number of hydrogen-bond donors (Lipinski definition) is 1. The molecule has 0 aliphatic carbocycles. The predicted molar refractivity (Wildman–Crippen MR) is 66.6 cm³/mol. The van der Waals surface area contributed by atoms with Crippen LogP contribution < -0.4 is 4.74 Å². The number of rotatable bonds is 4. The van der Waals surface area contributed by atoms with E-state index in [0.717, 1.165) is 23.4 Å². The van der Waals surface area contributed by atoms with Gasteiger partial charge in [0.15, 0.2) is 11.6 Å².